The highest BCUT2D eigenvalue weighted by molar-refractivity contribution is 5.94. The normalized spacial score (nSPS) is 14.5. The van der Waals surface area contributed by atoms with Crippen molar-refractivity contribution in [2.75, 3.05) is 11.9 Å². The Bertz CT molecular complexity index is 966. The van der Waals surface area contributed by atoms with Crippen LogP contribution in [0.5, 0.6) is 0 Å². The molecule has 1 aromatic carbocycles. The Morgan fingerprint density at radius 1 is 1.32 bits per heavy atom. The van der Waals surface area contributed by atoms with Gasteiger partial charge in [-0.25, -0.2) is 9.97 Å². The number of hydrogen-bond acceptors (Lipinski definition) is 5. The number of H-pyrrole nitrogens is 1. The second-order valence-electron chi connectivity index (χ2n) is 7.07. The maximum atomic E-state index is 12.6. The minimum Gasteiger partial charge on any atom is -0.394 e. The van der Waals surface area contributed by atoms with Crippen LogP contribution in [-0.2, 0) is 0 Å². The van der Waals surface area contributed by atoms with Crippen LogP contribution in [0.25, 0.3) is 11.3 Å². The number of aromatic amines is 1. The summed E-state index contributed by atoms with van der Waals surface area (Å²) in [5.41, 5.74) is 3.82. The van der Waals surface area contributed by atoms with Gasteiger partial charge in [-0.2, -0.15) is 0 Å². The summed E-state index contributed by atoms with van der Waals surface area (Å²) in [5, 5.41) is 15.8. The first-order valence-corrected chi connectivity index (χ1v) is 9.39. The van der Waals surface area contributed by atoms with E-state index in [1.54, 1.807) is 18.5 Å². The summed E-state index contributed by atoms with van der Waals surface area (Å²) in [4.78, 5) is 24.6. The molecule has 0 saturated heterocycles. The van der Waals surface area contributed by atoms with E-state index in [0.29, 0.717) is 17.7 Å². The van der Waals surface area contributed by atoms with Gasteiger partial charge in [0.15, 0.2) is 0 Å². The number of aliphatic hydroxyl groups is 1. The van der Waals surface area contributed by atoms with Crippen molar-refractivity contribution in [2.24, 2.45) is 0 Å². The lowest BCUT2D eigenvalue weighted by Gasteiger charge is -2.16. The van der Waals surface area contributed by atoms with Gasteiger partial charge in [0.05, 0.1) is 18.3 Å². The molecule has 0 spiro atoms. The van der Waals surface area contributed by atoms with E-state index in [9.17, 15) is 9.90 Å². The third kappa shape index (κ3) is 4.04. The highest BCUT2D eigenvalue weighted by atomic mass is 16.3. The van der Waals surface area contributed by atoms with E-state index in [1.807, 2.05) is 37.3 Å². The molecule has 2 aromatic heterocycles. The largest absolute Gasteiger partial charge is 0.394 e. The molecule has 1 unspecified atom stereocenters. The second kappa shape index (κ2) is 7.82. The van der Waals surface area contributed by atoms with E-state index in [4.69, 9.17) is 0 Å². The summed E-state index contributed by atoms with van der Waals surface area (Å²) in [5.74, 6) is 0.330. The van der Waals surface area contributed by atoms with Gasteiger partial charge in [-0.3, -0.25) is 4.79 Å². The quantitative estimate of drug-likeness (QED) is 0.507. The van der Waals surface area contributed by atoms with E-state index in [1.165, 1.54) is 0 Å². The van der Waals surface area contributed by atoms with Crippen molar-refractivity contribution >= 4 is 11.9 Å². The molecule has 1 aliphatic carbocycles. The van der Waals surface area contributed by atoms with Crippen molar-refractivity contribution in [3.05, 3.63) is 65.6 Å². The van der Waals surface area contributed by atoms with E-state index < -0.39 is 6.04 Å². The molecular weight excluding hydrogens is 354 g/mol. The number of carbonyl (C=O) groups excluding carboxylic acids is 1. The fourth-order valence-electron chi connectivity index (χ4n) is 3.03. The Hall–Kier alpha value is -3.19. The van der Waals surface area contributed by atoms with Gasteiger partial charge < -0.3 is 20.7 Å². The smallest absolute Gasteiger partial charge is 0.268 e. The molecule has 1 fully saturated rings. The van der Waals surface area contributed by atoms with Gasteiger partial charge in [0.2, 0.25) is 5.95 Å². The molecule has 4 rings (SSSR count). The number of nitrogens with zero attached hydrogens (tertiary/aromatic N) is 2. The maximum absolute atomic E-state index is 12.6. The van der Waals surface area contributed by atoms with Crippen molar-refractivity contribution < 1.29 is 9.90 Å². The third-order valence-corrected chi connectivity index (χ3v) is 4.77. The number of carbonyl (C=O) groups is 1. The molecule has 1 aliphatic rings. The second-order valence-corrected chi connectivity index (χ2v) is 7.07. The Morgan fingerprint density at radius 2 is 2.11 bits per heavy atom. The summed E-state index contributed by atoms with van der Waals surface area (Å²) in [6.45, 7) is 1.77. The van der Waals surface area contributed by atoms with Crippen molar-refractivity contribution in [1.82, 2.24) is 20.3 Å². The van der Waals surface area contributed by atoms with Crippen molar-refractivity contribution in [3.8, 4) is 11.3 Å². The fraction of sp³-hybridized carbons (Fsp3) is 0.286. The lowest BCUT2D eigenvalue weighted by molar-refractivity contribution is 0.0912. The molecule has 0 aliphatic heterocycles. The number of aliphatic hydroxyl groups excluding tert-OH is 1. The van der Waals surface area contributed by atoms with E-state index in [2.05, 4.69) is 25.6 Å². The average Bonchev–Trinajstić information content (AvgIpc) is 3.40. The van der Waals surface area contributed by atoms with Crippen molar-refractivity contribution in [1.29, 1.82) is 0 Å². The number of rotatable bonds is 7. The topological polar surface area (TPSA) is 103 Å². The molecule has 3 aromatic rings. The Morgan fingerprint density at radius 3 is 2.82 bits per heavy atom. The maximum Gasteiger partial charge on any atom is 0.268 e. The molecule has 0 radical (unpaired) electrons. The lowest BCUT2D eigenvalue weighted by Crippen LogP contribution is -2.30. The number of aromatic nitrogens is 3. The van der Waals surface area contributed by atoms with Crippen molar-refractivity contribution in [3.63, 3.8) is 0 Å². The number of nitrogens with one attached hydrogen (secondary N) is 3. The van der Waals surface area contributed by atoms with Crippen LogP contribution < -0.4 is 10.6 Å². The zero-order valence-electron chi connectivity index (χ0n) is 15.6. The number of aryl methyl sites for hydroxylation is 1. The van der Waals surface area contributed by atoms with Crippen LogP contribution >= 0.6 is 0 Å². The first-order valence-electron chi connectivity index (χ1n) is 9.39. The summed E-state index contributed by atoms with van der Waals surface area (Å²) >= 11 is 0. The molecule has 7 heteroatoms. The Balaban J connectivity index is 1.51. The molecular formula is C21H23N5O2. The fourth-order valence-corrected chi connectivity index (χ4v) is 3.03. The van der Waals surface area contributed by atoms with E-state index >= 15 is 0 Å². The van der Waals surface area contributed by atoms with Crippen molar-refractivity contribution in [2.45, 2.75) is 31.8 Å². The molecule has 28 heavy (non-hydrogen) atoms. The van der Waals surface area contributed by atoms with Gasteiger partial charge in [-0.05, 0) is 37.0 Å². The highest BCUT2D eigenvalue weighted by Gasteiger charge is 2.22. The van der Waals surface area contributed by atoms with Gasteiger partial charge in [0.1, 0.15) is 5.69 Å². The van der Waals surface area contributed by atoms with Gasteiger partial charge in [-0.1, -0.05) is 30.3 Å². The summed E-state index contributed by atoms with van der Waals surface area (Å²) < 4.78 is 0. The SMILES string of the molecule is Cc1cnc(NC2CC2)nc1-c1c[nH]c(C(=O)NC(CO)c2ccccc2)c1. The van der Waals surface area contributed by atoms with Gasteiger partial charge >= 0.3 is 0 Å². The molecule has 1 amide bonds. The predicted octanol–water partition coefficient (Wildman–Crippen LogP) is 2.82. The van der Waals surface area contributed by atoms with E-state index in [-0.39, 0.29) is 12.5 Å². The minimum absolute atomic E-state index is 0.176. The van der Waals surface area contributed by atoms with E-state index in [0.717, 1.165) is 35.2 Å². The molecule has 7 nitrogen and oxygen atoms in total. The third-order valence-electron chi connectivity index (χ3n) is 4.77. The molecule has 1 saturated carbocycles. The summed E-state index contributed by atoms with van der Waals surface area (Å²) in [6.07, 6.45) is 5.85. The molecule has 2 heterocycles. The molecule has 4 N–H and O–H groups in total. The van der Waals surface area contributed by atoms with Crippen LogP contribution in [0.3, 0.4) is 0 Å². The first-order chi connectivity index (χ1) is 13.6. The first kappa shape index (κ1) is 18.2. The standard InChI is InChI=1S/C21H23N5O2/c1-13-10-23-21(24-16-7-8-16)26-19(13)15-9-17(22-11-15)20(28)25-18(12-27)14-5-3-2-4-6-14/h2-6,9-11,16,18,22,27H,7-8,12H2,1H3,(H,25,28)(H,23,24,26). The molecule has 144 valence electrons. The van der Waals surface area contributed by atoms with Gasteiger partial charge in [-0.15, -0.1) is 0 Å². The Kier molecular flexibility index (Phi) is 5.08. The highest BCUT2D eigenvalue weighted by Crippen LogP contribution is 2.26. The Labute approximate surface area is 163 Å². The zero-order valence-corrected chi connectivity index (χ0v) is 15.6. The summed E-state index contributed by atoms with van der Waals surface area (Å²) in [6, 6.07) is 11.2. The lowest BCUT2D eigenvalue weighted by atomic mass is 10.1. The number of amides is 1. The summed E-state index contributed by atoms with van der Waals surface area (Å²) in [7, 11) is 0. The van der Waals surface area contributed by atoms with Crippen LogP contribution in [0.4, 0.5) is 5.95 Å². The predicted molar refractivity (Wildman–Crippen MR) is 107 cm³/mol. The van der Waals surface area contributed by atoms with Gasteiger partial charge in [0.25, 0.3) is 5.91 Å². The van der Waals surface area contributed by atoms with Crippen LogP contribution in [-0.4, -0.2) is 38.6 Å². The van der Waals surface area contributed by atoms with Gasteiger partial charge in [0, 0.05) is 24.0 Å². The van der Waals surface area contributed by atoms with Crippen LogP contribution in [0, 0.1) is 6.92 Å². The molecule has 0 bridgehead atoms. The minimum atomic E-state index is -0.462. The average molecular weight is 377 g/mol. The van der Waals surface area contributed by atoms with Crippen LogP contribution in [0.2, 0.25) is 0 Å². The van der Waals surface area contributed by atoms with Crippen LogP contribution in [0.1, 0.15) is 40.5 Å². The van der Waals surface area contributed by atoms with Crippen LogP contribution in [0.15, 0.2) is 48.8 Å². The zero-order chi connectivity index (χ0) is 19.5. The number of benzene rings is 1. The molecule has 1 atom stereocenters. The number of hydrogen-bond donors (Lipinski definition) is 4. The number of anilines is 1. The monoisotopic (exact) mass is 377 g/mol.